The third kappa shape index (κ3) is 2.95. The molecule has 19 heavy (non-hydrogen) atoms. The van der Waals surface area contributed by atoms with Gasteiger partial charge in [-0.15, -0.1) is 0 Å². The summed E-state index contributed by atoms with van der Waals surface area (Å²) in [6.07, 6.45) is 11.2. The van der Waals surface area contributed by atoms with Gasteiger partial charge in [0.1, 0.15) is 5.54 Å². The zero-order valence-corrected chi connectivity index (χ0v) is 12.2. The number of hydrogen-bond donors (Lipinski definition) is 1. The van der Waals surface area contributed by atoms with Crippen molar-refractivity contribution < 1.29 is 0 Å². The van der Waals surface area contributed by atoms with E-state index < -0.39 is 0 Å². The number of rotatable bonds is 3. The van der Waals surface area contributed by atoms with Crippen LogP contribution >= 0.6 is 0 Å². The zero-order valence-electron chi connectivity index (χ0n) is 12.2. The second kappa shape index (κ2) is 5.42. The monoisotopic (exact) mass is 261 g/mol. The van der Waals surface area contributed by atoms with Gasteiger partial charge in [0.2, 0.25) is 0 Å². The topological polar surface area (TPSA) is 39.1 Å². The van der Waals surface area contributed by atoms with Crippen molar-refractivity contribution in [2.75, 3.05) is 6.54 Å². The summed E-state index contributed by atoms with van der Waals surface area (Å²) in [4.78, 5) is 2.70. The second-order valence-electron chi connectivity index (χ2n) is 6.95. The molecule has 0 amide bonds. The minimum Gasteiger partial charge on any atom is -0.298 e. The molecule has 2 aliphatic carbocycles. The van der Waals surface area contributed by atoms with E-state index in [1.807, 2.05) is 0 Å². The molecule has 0 aromatic rings. The third-order valence-corrected chi connectivity index (χ3v) is 5.32. The Kier molecular flexibility index (Phi) is 3.82. The Balaban J connectivity index is 1.67. The lowest BCUT2D eigenvalue weighted by Gasteiger charge is -2.45. The van der Waals surface area contributed by atoms with Gasteiger partial charge in [-0.05, 0) is 64.8 Å². The number of nitriles is 1. The smallest absolute Gasteiger partial charge is 0.108 e. The molecule has 1 saturated heterocycles. The molecule has 3 fully saturated rings. The maximum atomic E-state index is 9.67. The summed E-state index contributed by atoms with van der Waals surface area (Å²) in [6, 6.07) is 4.62. The van der Waals surface area contributed by atoms with Crippen molar-refractivity contribution in [3.63, 3.8) is 0 Å². The van der Waals surface area contributed by atoms with Crippen LogP contribution in [0.2, 0.25) is 0 Å². The van der Waals surface area contributed by atoms with Gasteiger partial charge in [0, 0.05) is 18.1 Å². The summed E-state index contributed by atoms with van der Waals surface area (Å²) < 4.78 is 0. The molecule has 0 spiro atoms. The Morgan fingerprint density at radius 3 is 2.68 bits per heavy atom. The molecule has 0 aromatic carbocycles. The minimum absolute atomic E-state index is 0.221. The van der Waals surface area contributed by atoms with Crippen LogP contribution in [0.4, 0.5) is 0 Å². The van der Waals surface area contributed by atoms with Crippen LogP contribution in [0.5, 0.6) is 0 Å². The number of hydrogen-bond acceptors (Lipinski definition) is 3. The fraction of sp³-hybridized carbons (Fsp3) is 0.938. The molecule has 2 saturated carbocycles. The summed E-state index contributed by atoms with van der Waals surface area (Å²) in [5.74, 6) is 0. The standard InChI is InChI=1S/C16H27N3/c1-13-5-2-3-10-19(13)15-6-4-9-16(11-15,12-17)18-14-7-8-14/h13-15,18H,2-11H2,1H3. The first-order valence-electron chi connectivity index (χ1n) is 8.17. The average molecular weight is 261 g/mol. The lowest BCUT2D eigenvalue weighted by Crippen LogP contribution is -2.55. The largest absolute Gasteiger partial charge is 0.298 e. The maximum Gasteiger partial charge on any atom is 0.108 e. The van der Waals surface area contributed by atoms with E-state index in [-0.39, 0.29) is 5.54 Å². The quantitative estimate of drug-likeness (QED) is 0.849. The van der Waals surface area contributed by atoms with Gasteiger partial charge >= 0.3 is 0 Å². The van der Waals surface area contributed by atoms with E-state index in [9.17, 15) is 5.26 Å². The van der Waals surface area contributed by atoms with E-state index in [2.05, 4.69) is 23.2 Å². The van der Waals surface area contributed by atoms with Crippen LogP contribution < -0.4 is 5.32 Å². The van der Waals surface area contributed by atoms with Crippen LogP contribution in [0.3, 0.4) is 0 Å². The molecule has 3 rings (SSSR count). The molecule has 3 heteroatoms. The van der Waals surface area contributed by atoms with Crippen LogP contribution in [0.25, 0.3) is 0 Å². The Morgan fingerprint density at radius 2 is 2.00 bits per heavy atom. The van der Waals surface area contributed by atoms with E-state index in [0.29, 0.717) is 18.1 Å². The predicted octanol–water partition coefficient (Wildman–Crippen LogP) is 2.82. The SMILES string of the molecule is CC1CCCCN1C1CCCC(C#N)(NC2CC2)C1. The van der Waals surface area contributed by atoms with E-state index in [1.54, 1.807) is 0 Å². The normalized spacial score (nSPS) is 40.8. The minimum atomic E-state index is -0.221. The molecule has 3 unspecified atom stereocenters. The first-order valence-corrected chi connectivity index (χ1v) is 8.17. The molecule has 1 heterocycles. The molecule has 0 aromatic heterocycles. The van der Waals surface area contributed by atoms with Crippen molar-refractivity contribution >= 4 is 0 Å². The fourth-order valence-electron chi connectivity index (χ4n) is 4.08. The van der Waals surface area contributed by atoms with Crippen molar-refractivity contribution in [2.24, 2.45) is 0 Å². The summed E-state index contributed by atoms with van der Waals surface area (Å²) in [5.41, 5.74) is -0.221. The maximum absolute atomic E-state index is 9.67. The molecule has 0 bridgehead atoms. The summed E-state index contributed by atoms with van der Waals surface area (Å²) in [7, 11) is 0. The Labute approximate surface area is 117 Å². The van der Waals surface area contributed by atoms with E-state index >= 15 is 0 Å². The number of nitrogens with zero attached hydrogens (tertiary/aromatic N) is 2. The third-order valence-electron chi connectivity index (χ3n) is 5.32. The van der Waals surface area contributed by atoms with Crippen molar-refractivity contribution in [1.82, 2.24) is 10.2 Å². The van der Waals surface area contributed by atoms with E-state index in [1.165, 1.54) is 51.5 Å². The lowest BCUT2D eigenvalue weighted by atomic mass is 9.78. The molecule has 0 radical (unpaired) electrons. The van der Waals surface area contributed by atoms with E-state index in [0.717, 1.165) is 12.8 Å². The highest BCUT2D eigenvalue weighted by atomic mass is 15.2. The molecule has 106 valence electrons. The van der Waals surface area contributed by atoms with Gasteiger partial charge in [0.15, 0.2) is 0 Å². The van der Waals surface area contributed by atoms with Gasteiger partial charge in [-0.3, -0.25) is 10.2 Å². The van der Waals surface area contributed by atoms with Crippen molar-refractivity contribution in [3.8, 4) is 6.07 Å². The van der Waals surface area contributed by atoms with Gasteiger partial charge < -0.3 is 0 Å². The molecule has 3 aliphatic rings. The molecule has 3 atom stereocenters. The Hall–Kier alpha value is -0.590. The Morgan fingerprint density at radius 1 is 1.16 bits per heavy atom. The first kappa shape index (κ1) is 13.4. The Bertz CT molecular complexity index is 357. The number of piperidine rings is 1. The number of likely N-dealkylation sites (tertiary alicyclic amines) is 1. The molecular formula is C16H27N3. The second-order valence-corrected chi connectivity index (χ2v) is 6.95. The first-order chi connectivity index (χ1) is 9.22. The summed E-state index contributed by atoms with van der Waals surface area (Å²) >= 11 is 0. The molecule has 3 nitrogen and oxygen atoms in total. The van der Waals surface area contributed by atoms with E-state index in [4.69, 9.17) is 0 Å². The summed E-state index contributed by atoms with van der Waals surface area (Å²) in [6.45, 7) is 3.62. The molecular weight excluding hydrogens is 234 g/mol. The van der Waals surface area contributed by atoms with Crippen LogP contribution in [0.1, 0.15) is 64.7 Å². The van der Waals surface area contributed by atoms with Crippen LogP contribution in [-0.4, -0.2) is 35.1 Å². The van der Waals surface area contributed by atoms with Crippen molar-refractivity contribution in [1.29, 1.82) is 5.26 Å². The highest BCUT2D eigenvalue weighted by molar-refractivity contribution is 5.13. The fourth-order valence-corrected chi connectivity index (χ4v) is 4.08. The van der Waals surface area contributed by atoms with Gasteiger partial charge in [0.25, 0.3) is 0 Å². The highest BCUT2D eigenvalue weighted by Gasteiger charge is 2.42. The number of nitrogens with one attached hydrogen (secondary N) is 1. The van der Waals surface area contributed by atoms with Crippen molar-refractivity contribution in [2.45, 2.75) is 88.4 Å². The van der Waals surface area contributed by atoms with Crippen LogP contribution in [0, 0.1) is 11.3 Å². The van der Waals surface area contributed by atoms with Crippen LogP contribution in [-0.2, 0) is 0 Å². The highest BCUT2D eigenvalue weighted by Crippen LogP contribution is 2.36. The predicted molar refractivity (Wildman–Crippen MR) is 76.8 cm³/mol. The van der Waals surface area contributed by atoms with Crippen molar-refractivity contribution in [3.05, 3.63) is 0 Å². The van der Waals surface area contributed by atoms with Gasteiger partial charge in [-0.25, -0.2) is 0 Å². The molecule has 1 aliphatic heterocycles. The zero-order chi connectivity index (χ0) is 13.3. The molecule has 1 N–H and O–H groups in total. The van der Waals surface area contributed by atoms with Gasteiger partial charge in [0.05, 0.1) is 6.07 Å². The van der Waals surface area contributed by atoms with Crippen LogP contribution in [0.15, 0.2) is 0 Å². The van der Waals surface area contributed by atoms with Gasteiger partial charge in [-0.2, -0.15) is 5.26 Å². The average Bonchev–Trinajstić information content (AvgIpc) is 3.23. The van der Waals surface area contributed by atoms with Gasteiger partial charge in [-0.1, -0.05) is 6.42 Å². The lowest BCUT2D eigenvalue weighted by molar-refractivity contribution is 0.0612. The summed E-state index contributed by atoms with van der Waals surface area (Å²) in [5, 5.41) is 13.3.